The van der Waals surface area contributed by atoms with E-state index < -0.39 is 0 Å². The third kappa shape index (κ3) is 5.57. The lowest BCUT2D eigenvalue weighted by Gasteiger charge is -2.19. The first kappa shape index (κ1) is 15.2. The molecule has 0 spiro atoms. The van der Waals surface area contributed by atoms with E-state index in [0.717, 1.165) is 18.4 Å². The molecule has 0 fully saturated rings. The van der Waals surface area contributed by atoms with Gasteiger partial charge in [0, 0.05) is 19.2 Å². The van der Waals surface area contributed by atoms with Crippen molar-refractivity contribution in [1.82, 2.24) is 4.90 Å². The molecule has 0 saturated heterocycles. The molecule has 0 heterocycles. The largest absolute Gasteiger partial charge is 0.508 e. The second-order valence-corrected chi connectivity index (χ2v) is 4.33. The summed E-state index contributed by atoms with van der Waals surface area (Å²) in [6.45, 7) is 3.06. The highest BCUT2D eigenvalue weighted by atomic mass is 16.3. The van der Waals surface area contributed by atoms with Crippen molar-refractivity contribution < 1.29 is 15.0 Å². The highest BCUT2D eigenvalue weighted by Crippen LogP contribution is 2.11. The number of aliphatic hydroxyl groups is 1. The summed E-state index contributed by atoms with van der Waals surface area (Å²) in [6.07, 6.45) is 5.14. The first-order chi connectivity index (χ1) is 9.17. The molecule has 0 aromatic heterocycles. The van der Waals surface area contributed by atoms with E-state index in [1.807, 2.05) is 0 Å². The molecule has 1 amide bonds. The molecular formula is C15H21NO3. The third-order valence-electron chi connectivity index (χ3n) is 2.77. The highest BCUT2D eigenvalue weighted by Gasteiger charge is 2.08. The quantitative estimate of drug-likeness (QED) is 0.740. The molecule has 4 heteroatoms. The Morgan fingerprint density at radius 3 is 2.53 bits per heavy atom. The molecule has 0 unspecified atom stereocenters. The summed E-state index contributed by atoms with van der Waals surface area (Å²) >= 11 is 0. The molecule has 19 heavy (non-hydrogen) atoms. The number of phenolic OH excluding ortho intramolecular Hbond substituents is 1. The molecule has 4 nitrogen and oxygen atoms in total. The normalized spacial score (nSPS) is 10.8. The molecule has 1 aromatic carbocycles. The van der Waals surface area contributed by atoms with Crippen LogP contribution in [0.4, 0.5) is 0 Å². The van der Waals surface area contributed by atoms with Gasteiger partial charge in [-0.15, -0.1) is 0 Å². The lowest BCUT2D eigenvalue weighted by atomic mass is 10.2. The maximum atomic E-state index is 12.0. The topological polar surface area (TPSA) is 60.8 Å². The van der Waals surface area contributed by atoms with Gasteiger partial charge in [-0.1, -0.05) is 25.5 Å². The molecule has 0 radical (unpaired) electrons. The summed E-state index contributed by atoms with van der Waals surface area (Å²) in [7, 11) is 0. The van der Waals surface area contributed by atoms with Gasteiger partial charge in [0.15, 0.2) is 0 Å². The van der Waals surface area contributed by atoms with Gasteiger partial charge >= 0.3 is 0 Å². The minimum absolute atomic E-state index is 0.0253. The zero-order valence-electron chi connectivity index (χ0n) is 11.2. The zero-order chi connectivity index (χ0) is 14.1. The van der Waals surface area contributed by atoms with Gasteiger partial charge in [0.25, 0.3) is 0 Å². The van der Waals surface area contributed by atoms with Gasteiger partial charge in [-0.2, -0.15) is 0 Å². The van der Waals surface area contributed by atoms with Gasteiger partial charge in [-0.3, -0.25) is 4.79 Å². The molecule has 0 aliphatic rings. The number of rotatable bonds is 7. The minimum atomic E-state index is -0.101. The Hall–Kier alpha value is -1.81. The lowest BCUT2D eigenvalue weighted by Crippen LogP contribution is -2.33. The summed E-state index contributed by atoms with van der Waals surface area (Å²) in [5.41, 5.74) is 0.852. The van der Waals surface area contributed by atoms with E-state index in [2.05, 4.69) is 6.92 Å². The average Bonchev–Trinajstić information content (AvgIpc) is 2.42. The van der Waals surface area contributed by atoms with Gasteiger partial charge < -0.3 is 15.1 Å². The predicted molar refractivity (Wildman–Crippen MR) is 75.7 cm³/mol. The molecular weight excluding hydrogens is 242 g/mol. The van der Waals surface area contributed by atoms with Crippen molar-refractivity contribution >= 4 is 12.0 Å². The Balaban J connectivity index is 2.61. The molecule has 0 aliphatic heterocycles. The van der Waals surface area contributed by atoms with E-state index >= 15 is 0 Å². The van der Waals surface area contributed by atoms with Gasteiger partial charge in [0.2, 0.25) is 5.91 Å². The van der Waals surface area contributed by atoms with Crippen molar-refractivity contribution in [3.63, 3.8) is 0 Å². The summed E-state index contributed by atoms with van der Waals surface area (Å²) < 4.78 is 0. The zero-order valence-corrected chi connectivity index (χ0v) is 11.2. The molecule has 1 rings (SSSR count). The van der Waals surface area contributed by atoms with Gasteiger partial charge in [0.05, 0.1) is 6.61 Å². The van der Waals surface area contributed by atoms with Crippen LogP contribution in [0.1, 0.15) is 25.3 Å². The molecule has 0 aliphatic carbocycles. The number of benzene rings is 1. The van der Waals surface area contributed by atoms with Crippen molar-refractivity contribution in [3.05, 3.63) is 35.9 Å². The van der Waals surface area contributed by atoms with Crippen molar-refractivity contribution in [1.29, 1.82) is 0 Å². The van der Waals surface area contributed by atoms with Crippen LogP contribution in [0.2, 0.25) is 0 Å². The smallest absolute Gasteiger partial charge is 0.246 e. The number of unbranched alkanes of at least 4 members (excludes halogenated alkanes) is 1. The molecule has 104 valence electrons. The second kappa shape index (κ2) is 8.32. The fourth-order valence-corrected chi connectivity index (χ4v) is 1.66. The van der Waals surface area contributed by atoms with E-state index in [0.29, 0.717) is 13.1 Å². The Morgan fingerprint density at radius 1 is 1.26 bits per heavy atom. The second-order valence-electron chi connectivity index (χ2n) is 4.33. The van der Waals surface area contributed by atoms with E-state index in [1.54, 1.807) is 35.2 Å². The third-order valence-corrected chi connectivity index (χ3v) is 2.77. The number of carbonyl (C=O) groups excluding carboxylic acids is 1. The molecule has 0 bridgehead atoms. The van der Waals surface area contributed by atoms with E-state index in [1.165, 1.54) is 6.08 Å². The maximum absolute atomic E-state index is 12.0. The molecule has 0 saturated carbocycles. The number of nitrogens with zero attached hydrogens (tertiary/aromatic N) is 1. The summed E-state index contributed by atoms with van der Waals surface area (Å²) in [5, 5.41) is 18.1. The fourth-order valence-electron chi connectivity index (χ4n) is 1.66. The Labute approximate surface area is 114 Å². The lowest BCUT2D eigenvalue weighted by molar-refractivity contribution is -0.126. The van der Waals surface area contributed by atoms with Gasteiger partial charge in [-0.25, -0.2) is 0 Å². The van der Waals surface area contributed by atoms with Crippen LogP contribution in [0.25, 0.3) is 6.08 Å². The minimum Gasteiger partial charge on any atom is -0.508 e. The number of aliphatic hydroxyl groups excluding tert-OH is 1. The molecule has 0 atom stereocenters. The van der Waals surface area contributed by atoms with Crippen molar-refractivity contribution in [2.45, 2.75) is 19.8 Å². The summed E-state index contributed by atoms with van der Waals surface area (Å²) in [4.78, 5) is 13.6. The Bertz CT molecular complexity index is 412. The van der Waals surface area contributed by atoms with Gasteiger partial charge in [0.1, 0.15) is 5.75 Å². The van der Waals surface area contributed by atoms with Crippen molar-refractivity contribution in [2.24, 2.45) is 0 Å². The SMILES string of the molecule is CCCCN(CCO)C(=O)/C=C/c1ccc(O)cc1. The maximum Gasteiger partial charge on any atom is 0.246 e. The van der Waals surface area contributed by atoms with Crippen LogP contribution >= 0.6 is 0 Å². The van der Waals surface area contributed by atoms with Crippen LogP contribution in [-0.4, -0.2) is 40.7 Å². The Morgan fingerprint density at radius 2 is 1.95 bits per heavy atom. The Kier molecular flexibility index (Phi) is 6.68. The highest BCUT2D eigenvalue weighted by molar-refractivity contribution is 5.91. The van der Waals surface area contributed by atoms with Crippen LogP contribution in [-0.2, 0) is 4.79 Å². The average molecular weight is 263 g/mol. The van der Waals surface area contributed by atoms with Crippen molar-refractivity contribution in [3.8, 4) is 5.75 Å². The molecule has 2 N–H and O–H groups in total. The number of hydrogen-bond acceptors (Lipinski definition) is 3. The first-order valence-corrected chi connectivity index (χ1v) is 6.54. The summed E-state index contributed by atoms with van der Waals surface area (Å²) in [6, 6.07) is 6.63. The number of hydrogen-bond donors (Lipinski definition) is 2. The predicted octanol–water partition coefficient (Wildman–Crippen LogP) is 2.03. The fraction of sp³-hybridized carbons (Fsp3) is 0.400. The van der Waals surface area contributed by atoms with E-state index in [9.17, 15) is 4.79 Å². The van der Waals surface area contributed by atoms with Crippen molar-refractivity contribution in [2.75, 3.05) is 19.7 Å². The standard InChI is InChI=1S/C15H21NO3/c1-2-3-10-16(11-12-17)15(19)9-6-13-4-7-14(18)8-5-13/h4-9,17-18H,2-3,10-12H2,1H3/b9-6+. The van der Waals surface area contributed by atoms with E-state index in [-0.39, 0.29) is 18.3 Å². The first-order valence-electron chi connectivity index (χ1n) is 6.54. The van der Waals surface area contributed by atoms with Crippen LogP contribution < -0.4 is 0 Å². The number of aromatic hydroxyl groups is 1. The van der Waals surface area contributed by atoms with E-state index in [4.69, 9.17) is 10.2 Å². The summed E-state index contributed by atoms with van der Waals surface area (Å²) in [5.74, 6) is 0.101. The monoisotopic (exact) mass is 263 g/mol. The van der Waals surface area contributed by atoms with Gasteiger partial charge in [-0.05, 0) is 30.2 Å². The van der Waals surface area contributed by atoms with Crippen LogP contribution in [0.15, 0.2) is 30.3 Å². The van der Waals surface area contributed by atoms with Crippen LogP contribution in [0, 0.1) is 0 Å². The number of carbonyl (C=O) groups is 1. The number of amides is 1. The van der Waals surface area contributed by atoms with Crippen LogP contribution in [0.3, 0.4) is 0 Å². The number of phenols is 1. The van der Waals surface area contributed by atoms with Crippen LogP contribution in [0.5, 0.6) is 5.75 Å². The molecule has 1 aromatic rings.